The van der Waals surface area contributed by atoms with E-state index in [1.807, 2.05) is 12.1 Å². The highest BCUT2D eigenvalue weighted by atomic mass is 15.0. The molecular formula is C16H20N4. The molecule has 0 aliphatic heterocycles. The van der Waals surface area contributed by atoms with Crippen LogP contribution in [0, 0.1) is 0 Å². The van der Waals surface area contributed by atoms with E-state index in [0.717, 1.165) is 5.56 Å². The van der Waals surface area contributed by atoms with Crippen LogP contribution in [-0.4, -0.2) is 15.0 Å². The van der Waals surface area contributed by atoms with Gasteiger partial charge in [-0.05, 0) is 18.2 Å². The number of nitrogen functional groups attached to an aromatic ring is 1. The molecule has 2 aromatic heterocycles. The highest BCUT2D eigenvalue weighted by Gasteiger charge is 2.08. The Kier molecular flexibility index (Phi) is 6.10. The molecule has 0 atom stereocenters. The van der Waals surface area contributed by atoms with Gasteiger partial charge in [0.1, 0.15) is 5.82 Å². The first-order chi connectivity index (χ1) is 9.67. The molecule has 0 bridgehead atoms. The molecular weight excluding hydrogens is 248 g/mol. The summed E-state index contributed by atoms with van der Waals surface area (Å²) in [7, 11) is 0. The number of nitrogens with two attached hydrogens (primary N) is 1. The number of hydrogen-bond acceptors (Lipinski definition) is 4. The fourth-order valence-corrected chi connectivity index (χ4v) is 1.49. The molecule has 0 aliphatic carbocycles. The van der Waals surface area contributed by atoms with E-state index in [-0.39, 0.29) is 0 Å². The van der Waals surface area contributed by atoms with Crippen LogP contribution in [0.1, 0.15) is 31.5 Å². The summed E-state index contributed by atoms with van der Waals surface area (Å²) < 4.78 is 0. The molecule has 0 radical (unpaired) electrons. The van der Waals surface area contributed by atoms with Crippen LogP contribution < -0.4 is 5.73 Å². The van der Waals surface area contributed by atoms with E-state index in [1.54, 1.807) is 24.5 Å². The summed E-state index contributed by atoms with van der Waals surface area (Å²) in [6, 6.07) is 3.70. The largest absolute Gasteiger partial charge is 0.383 e. The molecule has 4 heteroatoms. The van der Waals surface area contributed by atoms with Crippen LogP contribution in [0.4, 0.5) is 5.82 Å². The van der Waals surface area contributed by atoms with Gasteiger partial charge in [0, 0.05) is 23.5 Å². The van der Waals surface area contributed by atoms with Crippen molar-refractivity contribution in [2.75, 3.05) is 5.73 Å². The molecule has 0 saturated carbocycles. The summed E-state index contributed by atoms with van der Waals surface area (Å²) in [4.78, 5) is 12.6. The van der Waals surface area contributed by atoms with Gasteiger partial charge < -0.3 is 5.73 Å². The van der Waals surface area contributed by atoms with Crippen LogP contribution in [0.3, 0.4) is 0 Å². The number of aromatic nitrogens is 3. The maximum absolute atomic E-state index is 5.86. The van der Waals surface area contributed by atoms with Crippen LogP contribution in [0.25, 0.3) is 23.5 Å². The fraction of sp³-hybridized carbons (Fsp3) is 0.188. The topological polar surface area (TPSA) is 64.7 Å². The third-order valence-corrected chi connectivity index (χ3v) is 2.32. The molecule has 0 fully saturated rings. The normalized spacial score (nSPS) is 9.30. The standard InChI is InChI=1S/C13H12N4.C3H8/c1-3-10-11(4-2)16-13(17-12(10)14)9-6-5-7-15-8-9;1-3-2/h3-8H,1-2H2,(H2,14,16,17);3H2,1-2H3. The Labute approximate surface area is 120 Å². The average Bonchev–Trinajstić information content (AvgIpc) is 2.48. The lowest BCUT2D eigenvalue weighted by Crippen LogP contribution is -2.02. The Bertz CT molecular complexity index is 577. The second-order valence-corrected chi connectivity index (χ2v) is 4.09. The minimum atomic E-state index is 0.392. The van der Waals surface area contributed by atoms with Crippen LogP contribution >= 0.6 is 0 Å². The minimum Gasteiger partial charge on any atom is -0.383 e. The first-order valence-corrected chi connectivity index (χ1v) is 6.50. The Balaban J connectivity index is 0.000000612. The molecule has 0 amide bonds. The van der Waals surface area contributed by atoms with Gasteiger partial charge in [-0.25, -0.2) is 9.97 Å². The fourth-order valence-electron chi connectivity index (χ4n) is 1.49. The molecule has 0 spiro atoms. The summed E-state index contributed by atoms with van der Waals surface area (Å²) in [6.45, 7) is 11.6. The molecule has 2 aromatic rings. The van der Waals surface area contributed by atoms with Gasteiger partial charge in [0.25, 0.3) is 0 Å². The van der Waals surface area contributed by atoms with E-state index in [0.29, 0.717) is 22.9 Å². The highest BCUT2D eigenvalue weighted by Crippen LogP contribution is 2.21. The van der Waals surface area contributed by atoms with Gasteiger partial charge in [-0.2, -0.15) is 0 Å². The first kappa shape index (κ1) is 15.6. The van der Waals surface area contributed by atoms with Crippen molar-refractivity contribution in [3.8, 4) is 11.4 Å². The second-order valence-electron chi connectivity index (χ2n) is 4.09. The lowest BCUT2D eigenvalue weighted by Gasteiger charge is -2.07. The third kappa shape index (κ3) is 3.75. The zero-order valence-electron chi connectivity index (χ0n) is 12.0. The monoisotopic (exact) mass is 268 g/mol. The van der Waals surface area contributed by atoms with Crippen molar-refractivity contribution in [1.29, 1.82) is 0 Å². The minimum absolute atomic E-state index is 0.392. The lowest BCUT2D eigenvalue weighted by molar-refractivity contribution is 1.09. The molecule has 0 saturated heterocycles. The van der Waals surface area contributed by atoms with E-state index >= 15 is 0 Å². The Hall–Kier alpha value is -2.49. The van der Waals surface area contributed by atoms with Crippen molar-refractivity contribution in [2.24, 2.45) is 0 Å². The van der Waals surface area contributed by atoms with Crippen molar-refractivity contribution >= 4 is 18.0 Å². The average molecular weight is 268 g/mol. The molecule has 104 valence electrons. The number of anilines is 1. The van der Waals surface area contributed by atoms with E-state index < -0.39 is 0 Å². The Morgan fingerprint density at radius 1 is 1.20 bits per heavy atom. The van der Waals surface area contributed by atoms with Gasteiger partial charge in [0.15, 0.2) is 5.82 Å². The zero-order valence-corrected chi connectivity index (χ0v) is 12.0. The SMILES string of the molecule is C=Cc1nc(-c2cccnc2)nc(N)c1C=C.CCC. The maximum Gasteiger partial charge on any atom is 0.163 e. The Morgan fingerprint density at radius 3 is 2.40 bits per heavy atom. The highest BCUT2D eigenvalue weighted by molar-refractivity contribution is 5.71. The summed E-state index contributed by atoms with van der Waals surface area (Å²) in [5, 5.41) is 0. The molecule has 0 aliphatic rings. The molecule has 20 heavy (non-hydrogen) atoms. The van der Waals surface area contributed by atoms with E-state index in [1.165, 1.54) is 6.42 Å². The van der Waals surface area contributed by atoms with E-state index in [4.69, 9.17) is 5.73 Å². The second kappa shape index (κ2) is 7.84. The van der Waals surface area contributed by atoms with E-state index in [9.17, 15) is 0 Å². The quantitative estimate of drug-likeness (QED) is 0.919. The van der Waals surface area contributed by atoms with E-state index in [2.05, 4.69) is 42.0 Å². The smallest absolute Gasteiger partial charge is 0.163 e. The number of rotatable bonds is 3. The van der Waals surface area contributed by atoms with Gasteiger partial charge in [-0.3, -0.25) is 4.98 Å². The summed E-state index contributed by atoms with van der Waals surface area (Å²) in [5.41, 5.74) is 8.05. The van der Waals surface area contributed by atoms with Crippen molar-refractivity contribution < 1.29 is 0 Å². The van der Waals surface area contributed by atoms with Gasteiger partial charge in [-0.15, -0.1) is 0 Å². The Morgan fingerprint density at radius 2 is 1.90 bits per heavy atom. The molecule has 2 heterocycles. The van der Waals surface area contributed by atoms with Gasteiger partial charge in [0.05, 0.1) is 5.69 Å². The molecule has 2 rings (SSSR count). The van der Waals surface area contributed by atoms with Gasteiger partial charge in [0.2, 0.25) is 0 Å². The van der Waals surface area contributed by atoms with Crippen LogP contribution in [-0.2, 0) is 0 Å². The summed E-state index contributed by atoms with van der Waals surface area (Å²) >= 11 is 0. The van der Waals surface area contributed by atoms with Crippen molar-refractivity contribution in [3.63, 3.8) is 0 Å². The molecule has 4 nitrogen and oxygen atoms in total. The molecule has 0 aromatic carbocycles. The van der Waals surface area contributed by atoms with Crippen LogP contribution in [0.15, 0.2) is 37.7 Å². The summed E-state index contributed by atoms with van der Waals surface area (Å²) in [6.07, 6.45) is 7.89. The zero-order chi connectivity index (χ0) is 15.0. The van der Waals surface area contributed by atoms with Crippen LogP contribution in [0.2, 0.25) is 0 Å². The number of pyridine rings is 1. The predicted octanol–water partition coefficient (Wildman–Crippen LogP) is 3.82. The van der Waals surface area contributed by atoms with Gasteiger partial charge in [-0.1, -0.05) is 39.5 Å². The number of nitrogens with zero attached hydrogens (tertiary/aromatic N) is 3. The first-order valence-electron chi connectivity index (χ1n) is 6.50. The van der Waals surface area contributed by atoms with Crippen LogP contribution in [0.5, 0.6) is 0 Å². The van der Waals surface area contributed by atoms with Crippen molar-refractivity contribution in [2.45, 2.75) is 20.3 Å². The third-order valence-electron chi connectivity index (χ3n) is 2.32. The molecule has 0 unspecified atom stereocenters. The van der Waals surface area contributed by atoms with Crippen molar-refractivity contribution in [3.05, 3.63) is 48.9 Å². The molecule has 2 N–H and O–H groups in total. The predicted molar refractivity (Wildman–Crippen MR) is 85.8 cm³/mol. The van der Waals surface area contributed by atoms with Crippen molar-refractivity contribution in [1.82, 2.24) is 15.0 Å². The lowest BCUT2D eigenvalue weighted by atomic mass is 10.2. The number of hydrogen-bond donors (Lipinski definition) is 1. The summed E-state index contributed by atoms with van der Waals surface area (Å²) in [5.74, 6) is 0.930. The maximum atomic E-state index is 5.86. The van der Waals surface area contributed by atoms with Gasteiger partial charge >= 0.3 is 0 Å².